The van der Waals surface area contributed by atoms with Gasteiger partial charge >= 0.3 is 6.09 Å². The lowest BCUT2D eigenvalue weighted by Gasteiger charge is -2.43. The first kappa shape index (κ1) is 12.5. The smallest absolute Gasteiger partial charge is 0.407 e. The van der Waals surface area contributed by atoms with Crippen LogP contribution in [0.15, 0.2) is 17.3 Å². The molecule has 104 valence electrons. The number of nitrogens with zero attached hydrogens (tertiary/aromatic N) is 3. The largest absolute Gasteiger partial charge is 0.465 e. The van der Waals surface area contributed by atoms with Crippen molar-refractivity contribution >= 4 is 11.9 Å². The van der Waals surface area contributed by atoms with Crippen molar-refractivity contribution in [3.8, 4) is 0 Å². The molecule has 0 radical (unpaired) electrons. The van der Waals surface area contributed by atoms with Crippen molar-refractivity contribution in [2.45, 2.75) is 24.9 Å². The summed E-state index contributed by atoms with van der Waals surface area (Å²) in [6, 6.07) is 0. The molecule has 19 heavy (non-hydrogen) atoms. The summed E-state index contributed by atoms with van der Waals surface area (Å²) in [5.74, 6) is 0.998. The molecule has 0 aliphatic carbocycles. The SMILES string of the molecule is O=C(O)N1CCC2(CC1)OCCCN1CC=CN=C12. The number of likely N-dealkylation sites (tertiary alicyclic amines) is 1. The van der Waals surface area contributed by atoms with Gasteiger partial charge in [-0.3, -0.25) is 0 Å². The van der Waals surface area contributed by atoms with E-state index in [4.69, 9.17) is 9.84 Å². The zero-order valence-corrected chi connectivity index (χ0v) is 10.9. The van der Waals surface area contributed by atoms with Gasteiger partial charge in [-0.05, 0) is 12.5 Å². The van der Waals surface area contributed by atoms with E-state index >= 15 is 0 Å². The molecule has 3 rings (SSSR count). The van der Waals surface area contributed by atoms with Crippen LogP contribution in [0, 0.1) is 0 Å². The van der Waals surface area contributed by atoms with Crippen molar-refractivity contribution < 1.29 is 14.6 Å². The van der Waals surface area contributed by atoms with Crippen LogP contribution in [0.2, 0.25) is 0 Å². The zero-order chi connectivity index (χ0) is 13.3. The fourth-order valence-electron chi connectivity index (χ4n) is 3.08. The molecule has 3 aliphatic heterocycles. The Morgan fingerprint density at radius 2 is 2.16 bits per heavy atom. The predicted molar refractivity (Wildman–Crippen MR) is 70.3 cm³/mol. The Balaban J connectivity index is 1.83. The number of carbonyl (C=O) groups is 1. The summed E-state index contributed by atoms with van der Waals surface area (Å²) in [7, 11) is 0. The van der Waals surface area contributed by atoms with Gasteiger partial charge in [0.15, 0.2) is 0 Å². The second-order valence-electron chi connectivity index (χ2n) is 5.25. The second-order valence-corrected chi connectivity index (χ2v) is 5.25. The zero-order valence-electron chi connectivity index (χ0n) is 10.9. The molecule has 0 saturated carbocycles. The van der Waals surface area contributed by atoms with Gasteiger partial charge in [0.2, 0.25) is 0 Å². The van der Waals surface area contributed by atoms with Crippen molar-refractivity contribution in [1.29, 1.82) is 0 Å². The van der Waals surface area contributed by atoms with Gasteiger partial charge in [0, 0.05) is 51.8 Å². The lowest BCUT2D eigenvalue weighted by molar-refractivity contribution is -0.0303. The lowest BCUT2D eigenvalue weighted by Crippen LogP contribution is -2.56. The van der Waals surface area contributed by atoms with E-state index in [0.29, 0.717) is 25.9 Å². The molecule has 2 saturated heterocycles. The van der Waals surface area contributed by atoms with Crippen LogP contribution < -0.4 is 0 Å². The monoisotopic (exact) mass is 265 g/mol. The highest BCUT2D eigenvalue weighted by atomic mass is 16.5. The molecule has 0 unspecified atom stereocenters. The molecule has 0 aromatic carbocycles. The highest BCUT2D eigenvalue weighted by molar-refractivity contribution is 5.92. The maximum atomic E-state index is 11.0. The third kappa shape index (κ3) is 2.20. The van der Waals surface area contributed by atoms with Crippen molar-refractivity contribution in [1.82, 2.24) is 9.80 Å². The van der Waals surface area contributed by atoms with Crippen molar-refractivity contribution in [3.63, 3.8) is 0 Å². The van der Waals surface area contributed by atoms with E-state index in [1.807, 2.05) is 6.20 Å². The van der Waals surface area contributed by atoms with E-state index in [9.17, 15) is 4.79 Å². The summed E-state index contributed by atoms with van der Waals surface area (Å²) in [6.45, 7) is 3.61. The number of hydrogen-bond donors (Lipinski definition) is 1. The van der Waals surface area contributed by atoms with Crippen LogP contribution in [-0.4, -0.2) is 65.2 Å². The molecule has 0 bridgehead atoms. The first-order valence-corrected chi connectivity index (χ1v) is 6.81. The van der Waals surface area contributed by atoms with Gasteiger partial charge in [-0.25, -0.2) is 9.79 Å². The van der Waals surface area contributed by atoms with Crippen LogP contribution in [0.3, 0.4) is 0 Å². The highest BCUT2D eigenvalue weighted by Crippen LogP contribution is 2.32. The number of hydrogen-bond acceptors (Lipinski definition) is 4. The Hall–Kier alpha value is -1.56. The molecule has 1 spiro atoms. The Labute approximate surface area is 112 Å². The number of amidine groups is 1. The number of aliphatic imine (C=N–C) groups is 1. The third-order valence-electron chi connectivity index (χ3n) is 4.13. The van der Waals surface area contributed by atoms with Crippen LogP contribution in [0.5, 0.6) is 0 Å². The molecule has 1 N–H and O–H groups in total. The number of piperidine rings is 1. The molecular weight excluding hydrogens is 246 g/mol. The van der Waals surface area contributed by atoms with Crippen molar-refractivity contribution in [2.24, 2.45) is 4.99 Å². The summed E-state index contributed by atoms with van der Waals surface area (Å²) in [5, 5.41) is 9.05. The topological polar surface area (TPSA) is 65.4 Å². The predicted octanol–water partition coefficient (Wildman–Crippen LogP) is 1.15. The summed E-state index contributed by atoms with van der Waals surface area (Å²) >= 11 is 0. The number of carboxylic acid groups (broad SMARTS) is 1. The van der Waals surface area contributed by atoms with Gasteiger partial charge in [0.1, 0.15) is 11.4 Å². The van der Waals surface area contributed by atoms with Crippen LogP contribution in [0.4, 0.5) is 4.79 Å². The first-order chi connectivity index (χ1) is 9.21. The van der Waals surface area contributed by atoms with E-state index in [-0.39, 0.29) is 5.60 Å². The molecule has 0 aromatic rings. The maximum Gasteiger partial charge on any atom is 0.407 e. The van der Waals surface area contributed by atoms with E-state index in [1.165, 1.54) is 4.90 Å². The first-order valence-electron chi connectivity index (χ1n) is 6.81. The Morgan fingerprint density at radius 1 is 1.37 bits per heavy atom. The quantitative estimate of drug-likeness (QED) is 0.713. The van der Waals surface area contributed by atoms with Crippen molar-refractivity contribution in [2.75, 3.05) is 32.8 Å². The average molecular weight is 265 g/mol. The Kier molecular flexibility index (Phi) is 3.18. The lowest BCUT2D eigenvalue weighted by atomic mass is 9.88. The fourth-order valence-corrected chi connectivity index (χ4v) is 3.08. The molecule has 1 amide bonds. The number of rotatable bonds is 0. The van der Waals surface area contributed by atoms with Gasteiger partial charge in [-0.15, -0.1) is 0 Å². The van der Waals surface area contributed by atoms with E-state index in [0.717, 1.165) is 32.0 Å². The standard InChI is InChI=1S/C13H19N3O3/c17-12(18)16-8-3-13(4-9-16)11-14-5-1-6-15(11)7-2-10-19-13/h1,5H,2-4,6-10H2,(H,17,18). The number of amides is 1. The summed E-state index contributed by atoms with van der Waals surface area (Å²) in [5.41, 5.74) is -0.382. The fraction of sp³-hybridized carbons (Fsp3) is 0.692. The molecule has 6 nitrogen and oxygen atoms in total. The van der Waals surface area contributed by atoms with Gasteiger partial charge in [0.05, 0.1) is 0 Å². The highest BCUT2D eigenvalue weighted by Gasteiger charge is 2.44. The van der Waals surface area contributed by atoms with Crippen molar-refractivity contribution in [3.05, 3.63) is 12.3 Å². The van der Waals surface area contributed by atoms with Crippen LogP contribution in [0.25, 0.3) is 0 Å². The van der Waals surface area contributed by atoms with Gasteiger partial charge < -0.3 is 19.6 Å². The van der Waals surface area contributed by atoms with Crippen LogP contribution in [-0.2, 0) is 4.74 Å². The minimum absolute atomic E-state index is 0.382. The minimum atomic E-state index is -0.842. The Bertz CT molecular complexity index is 425. The third-order valence-corrected chi connectivity index (χ3v) is 4.13. The number of fused-ring (bicyclic) bond motifs is 2. The second kappa shape index (κ2) is 4.85. The van der Waals surface area contributed by atoms with E-state index in [1.54, 1.807) is 0 Å². The maximum absolute atomic E-state index is 11.0. The number of ether oxygens (including phenoxy) is 1. The molecule has 3 aliphatic rings. The van der Waals surface area contributed by atoms with E-state index in [2.05, 4.69) is 16.0 Å². The normalized spacial score (nSPS) is 25.8. The van der Waals surface area contributed by atoms with Crippen LogP contribution >= 0.6 is 0 Å². The summed E-state index contributed by atoms with van der Waals surface area (Å²) in [6.07, 6.45) is 5.44. The summed E-state index contributed by atoms with van der Waals surface area (Å²) in [4.78, 5) is 19.3. The van der Waals surface area contributed by atoms with Crippen LogP contribution in [0.1, 0.15) is 19.3 Å². The van der Waals surface area contributed by atoms with Gasteiger partial charge in [0.25, 0.3) is 0 Å². The Morgan fingerprint density at radius 3 is 2.89 bits per heavy atom. The van der Waals surface area contributed by atoms with Gasteiger partial charge in [-0.2, -0.15) is 0 Å². The molecule has 0 aromatic heterocycles. The molecular formula is C13H19N3O3. The molecule has 3 heterocycles. The molecule has 2 fully saturated rings. The molecule has 0 atom stereocenters. The summed E-state index contributed by atoms with van der Waals surface area (Å²) < 4.78 is 6.10. The molecule has 6 heteroatoms. The van der Waals surface area contributed by atoms with E-state index < -0.39 is 6.09 Å². The van der Waals surface area contributed by atoms with Gasteiger partial charge in [-0.1, -0.05) is 0 Å². The average Bonchev–Trinajstić information content (AvgIpc) is 2.61. The minimum Gasteiger partial charge on any atom is -0.465 e.